The van der Waals surface area contributed by atoms with Crippen LogP contribution < -0.4 is 11.1 Å². The van der Waals surface area contributed by atoms with Crippen LogP contribution in [-0.4, -0.2) is 50.9 Å². The lowest BCUT2D eigenvalue weighted by molar-refractivity contribution is -0.139. The van der Waals surface area contributed by atoms with Gasteiger partial charge in [-0.05, 0) is 76.3 Å². The summed E-state index contributed by atoms with van der Waals surface area (Å²) in [6, 6.07) is 7.82. The van der Waals surface area contributed by atoms with E-state index in [4.69, 9.17) is 10.7 Å². The van der Waals surface area contributed by atoms with Gasteiger partial charge in [0.25, 0.3) is 0 Å². The molecule has 3 N–H and O–H groups in total. The molecule has 202 valence electrons. The largest absolute Gasteiger partial charge is 0.368 e. The topological polar surface area (TPSA) is 106 Å². The van der Waals surface area contributed by atoms with Crippen LogP contribution >= 0.6 is 0 Å². The lowest BCUT2D eigenvalue weighted by Crippen LogP contribution is -2.46. The zero-order chi connectivity index (χ0) is 26.8. The molecule has 1 aliphatic carbocycles. The summed E-state index contributed by atoms with van der Waals surface area (Å²) in [4.78, 5) is 37.6. The molecule has 1 saturated carbocycles. The molecule has 2 fully saturated rings. The molecule has 38 heavy (non-hydrogen) atoms. The minimum Gasteiger partial charge on any atom is -0.368 e. The van der Waals surface area contributed by atoms with Gasteiger partial charge in [-0.1, -0.05) is 19.3 Å². The van der Waals surface area contributed by atoms with Gasteiger partial charge in [-0.2, -0.15) is 0 Å². The van der Waals surface area contributed by atoms with Gasteiger partial charge in [-0.25, -0.2) is 14.4 Å². The number of primary amides is 1. The molecule has 0 bridgehead atoms. The molecule has 1 aromatic carbocycles. The molecular weight excluding hydrogens is 483 g/mol. The van der Waals surface area contributed by atoms with Crippen molar-refractivity contribution in [2.75, 3.05) is 13.6 Å². The molecule has 2 aromatic heterocycles. The molecule has 3 aromatic rings. The number of hydrogen-bond acceptors (Lipinski definition) is 5. The Kier molecular flexibility index (Phi) is 7.74. The van der Waals surface area contributed by atoms with E-state index in [2.05, 4.69) is 10.3 Å². The summed E-state index contributed by atoms with van der Waals surface area (Å²) in [6.45, 7) is 2.52. The summed E-state index contributed by atoms with van der Waals surface area (Å²) in [6.07, 6.45) is 9.43. The summed E-state index contributed by atoms with van der Waals surface area (Å²) in [5, 5.41) is 3.81. The maximum atomic E-state index is 14.2. The first-order valence-electron chi connectivity index (χ1n) is 13.8. The van der Waals surface area contributed by atoms with Crippen molar-refractivity contribution in [3.63, 3.8) is 0 Å². The van der Waals surface area contributed by atoms with E-state index in [1.807, 2.05) is 34.7 Å². The molecule has 3 atom stereocenters. The third-order valence-electron chi connectivity index (χ3n) is 8.34. The monoisotopic (exact) mass is 520 g/mol. The lowest BCUT2D eigenvalue weighted by atomic mass is 9.76. The molecule has 9 heteroatoms. The minimum absolute atomic E-state index is 0.0978. The Labute approximate surface area is 222 Å². The Morgan fingerprint density at radius 1 is 1.11 bits per heavy atom. The second-order valence-electron chi connectivity index (χ2n) is 10.8. The van der Waals surface area contributed by atoms with Crippen LogP contribution in [0.15, 0.2) is 36.5 Å². The van der Waals surface area contributed by atoms with E-state index >= 15 is 0 Å². The fourth-order valence-corrected chi connectivity index (χ4v) is 6.39. The molecule has 3 heterocycles. The third kappa shape index (κ3) is 5.29. The number of hydrogen-bond donors (Lipinski definition) is 2. The van der Waals surface area contributed by atoms with Crippen LogP contribution in [0, 0.1) is 24.6 Å². The number of likely N-dealkylation sites (tertiary alicyclic amines) is 1. The molecule has 2 amide bonds. The average molecular weight is 521 g/mol. The maximum absolute atomic E-state index is 14.2. The quantitative estimate of drug-likeness (QED) is 0.463. The normalized spacial score (nSPS) is 20.1. The zero-order valence-corrected chi connectivity index (χ0v) is 22.2. The van der Waals surface area contributed by atoms with Crippen molar-refractivity contribution in [3.05, 3.63) is 53.9 Å². The Hall–Kier alpha value is -3.33. The van der Waals surface area contributed by atoms with Gasteiger partial charge in [0.2, 0.25) is 11.8 Å². The van der Waals surface area contributed by atoms with Gasteiger partial charge in [0.1, 0.15) is 17.5 Å². The lowest BCUT2D eigenvalue weighted by Gasteiger charge is -2.35. The first kappa shape index (κ1) is 26.3. The van der Waals surface area contributed by atoms with Gasteiger partial charge < -0.3 is 20.5 Å². The van der Waals surface area contributed by atoms with Crippen LogP contribution in [0.4, 0.5) is 4.39 Å². The van der Waals surface area contributed by atoms with E-state index < -0.39 is 11.9 Å². The number of aromatic nitrogens is 3. The van der Waals surface area contributed by atoms with Crippen molar-refractivity contribution in [3.8, 4) is 5.82 Å². The number of nitrogens with zero attached hydrogens (tertiary/aromatic N) is 4. The van der Waals surface area contributed by atoms with E-state index in [0.29, 0.717) is 24.6 Å². The van der Waals surface area contributed by atoms with E-state index in [-0.39, 0.29) is 29.6 Å². The van der Waals surface area contributed by atoms with Gasteiger partial charge in [0.05, 0.1) is 23.3 Å². The molecular formula is C29H37FN6O2. The van der Waals surface area contributed by atoms with Crippen LogP contribution in [-0.2, 0) is 9.59 Å². The van der Waals surface area contributed by atoms with Crippen molar-refractivity contribution >= 4 is 22.7 Å². The Balaban J connectivity index is 1.46. The Morgan fingerprint density at radius 3 is 2.63 bits per heavy atom. The zero-order valence-electron chi connectivity index (χ0n) is 22.2. The summed E-state index contributed by atoms with van der Waals surface area (Å²) >= 11 is 0. The number of nitrogens with two attached hydrogens (primary N) is 1. The molecule has 0 radical (unpaired) electrons. The van der Waals surface area contributed by atoms with E-state index in [1.165, 1.54) is 18.6 Å². The molecule has 3 unspecified atom stereocenters. The predicted molar refractivity (Wildman–Crippen MR) is 144 cm³/mol. The highest BCUT2D eigenvalue weighted by Gasteiger charge is 2.40. The van der Waals surface area contributed by atoms with Crippen molar-refractivity contribution < 1.29 is 14.0 Å². The number of carbonyl (C=O) groups excluding carboxylic acids is 2. The predicted octanol–water partition coefficient (Wildman–Crippen LogP) is 4.19. The van der Waals surface area contributed by atoms with Gasteiger partial charge in [-0.15, -0.1) is 0 Å². The first-order valence-corrected chi connectivity index (χ1v) is 13.8. The SMILES string of the molecule is CNC(CC(C(=O)N1CCCC1c1cc(-n2ccc3cc(F)ccc32)nc(C)n1)C1CCCCC1)C(N)=O. The molecule has 2 aliphatic rings. The van der Waals surface area contributed by atoms with Crippen molar-refractivity contribution in [2.24, 2.45) is 17.6 Å². The van der Waals surface area contributed by atoms with E-state index in [1.54, 1.807) is 13.1 Å². The third-order valence-corrected chi connectivity index (χ3v) is 8.34. The first-order chi connectivity index (χ1) is 18.4. The van der Waals surface area contributed by atoms with Crippen molar-refractivity contribution in [1.29, 1.82) is 0 Å². The summed E-state index contributed by atoms with van der Waals surface area (Å²) in [5.74, 6) is 0.706. The fourth-order valence-electron chi connectivity index (χ4n) is 6.39. The summed E-state index contributed by atoms with van der Waals surface area (Å²) in [5.41, 5.74) is 7.33. The molecule has 0 spiro atoms. The number of halogens is 1. The maximum Gasteiger partial charge on any atom is 0.234 e. The van der Waals surface area contributed by atoms with E-state index in [0.717, 1.165) is 55.1 Å². The number of benzene rings is 1. The van der Waals surface area contributed by atoms with Gasteiger partial charge in [0, 0.05) is 30.1 Å². The molecule has 1 aliphatic heterocycles. The Bertz CT molecular complexity index is 1320. The number of nitrogens with one attached hydrogen (secondary N) is 1. The second kappa shape index (κ2) is 11.2. The van der Waals surface area contributed by atoms with Gasteiger partial charge in [-0.3, -0.25) is 9.59 Å². The summed E-state index contributed by atoms with van der Waals surface area (Å²) in [7, 11) is 1.72. The van der Waals surface area contributed by atoms with Gasteiger partial charge in [0.15, 0.2) is 0 Å². The highest BCUT2D eigenvalue weighted by Crippen LogP contribution is 2.38. The van der Waals surface area contributed by atoms with E-state index in [9.17, 15) is 14.0 Å². The number of fused-ring (bicyclic) bond motifs is 1. The van der Waals surface area contributed by atoms with Crippen LogP contribution in [0.3, 0.4) is 0 Å². The number of aryl methyl sites for hydroxylation is 1. The highest BCUT2D eigenvalue weighted by molar-refractivity contribution is 5.84. The van der Waals surface area contributed by atoms with Gasteiger partial charge >= 0.3 is 0 Å². The fraction of sp³-hybridized carbons (Fsp3) is 0.517. The van der Waals surface area contributed by atoms with Crippen molar-refractivity contribution in [2.45, 2.75) is 70.4 Å². The number of likely N-dealkylation sites (N-methyl/N-ethyl adjacent to an activating group) is 1. The molecule has 5 rings (SSSR count). The Morgan fingerprint density at radius 2 is 1.89 bits per heavy atom. The second-order valence-corrected chi connectivity index (χ2v) is 10.8. The molecule has 8 nitrogen and oxygen atoms in total. The summed E-state index contributed by atoms with van der Waals surface area (Å²) < 4.78 is 15.7. The number of rotatable bonds is 8. The van der Waals surface area contributed by atoms with Crippen LogP contribution in [0.1, 0.15) is 68.9 Å². The average Bonchev–Trinajstić information content (AvgIpc) is 3.56. The smallest absolute Gasteiger partial charge is 0.234 e. The minimum atomic E-state index is -0.535. The number of amides is 2. The standard InChI is InChI=1S/C29H37FN6O2/c1-18-33-23(17-27(34-18)35-14-12-20-15-21(30)10-11-25(20)35)26-9-6-13-36(26)29(38)22(16-24(32-2)28(31)37)19-7-4-3-5-8-19/h10-12,14-15,17,19,22,24,26,32H,3-9,13,16H2,1-2H3,(H2,31,37). The number of carbonyl (C=O) groups is 2. The van der Waals surface area contributed by atoms with Crippen molar-refractivity contribution in [1.82, 2.24) is 24.8 Å². The van der Waals surface area contributed by atoms with Crippen LogP contribution in [0.25, 0.3) is 16.7 Å². The van der Waals surface area contributed by atoms with Crippen LogP contribution in [0.2, 0.25) is 0 Å². The molecule has 1 saturated heterocycles. The van der Waals surface area contributed by atoms with Crippen LogP contribution in [0.5, 0.6) is 0 Å². The highest BCUT2D eigenvalue weighted by atomic mass is 19.1.